The molecule has 0 saturated carbocycles. The van der Waals surface area contributed by atoms with Crippen LogP contribution in [0.3, 0.4) is 0 Å². The third-order valence-electron chi connectivity index (χ3n) is 3.12. The Morgan fingerprint density at radius 1 is 0.857 bits per heavy atom. The molecule has 0 atom stereocenters. The molecule has 0 aliphatic heterocycles. The highest BCUT2D eigenvalue weighted by Crippen LogP contribution is 2.23. The summed E-state index contributed by atoms with van der Waals surface area (Å²) in [5, 5.41) is 0.444. The number of rotatable bonds is 4. The first-order chi connectivity index (χ1) is 9.91. The molecule has 0 amide bonds. The van der Waals surface area contributed by atoms with Crippen molar-refractivity contribution in [3.63, 3.8) is 0 Å². The second-order valence-electron chi connectivity index (χ2n) is 4.32. The molecule has 0 radical (unpaired) electrons. The van der Waals surface area contributed by atoms with Crippen LogP contribution in [0.5, 0.6) is 0 Å². The van der Waals surface area contributed by atoms with Gasteiger partial charge in [0.25, 0.3) is 0 Å². The number of hydrogen-bond acceptors (Lipinski definition) is 3. The first-order valence-corrected chi connectivity index (χ1v) is 7.76. The molecule has 0 heterocycles. The van der Waals surface area contributed by atoms with E-state index in [2.05, 4.69) is 0 Å². The molecule has 7 heteroatoms. The molecular weight excluding hydrogens is 301 g/mol. The minimum absolute atomic E-state index is 0.193. The minimum atomic E-state index is -3.44. The lowest BCUT2D eigenvalue weighted by Gasteiger charge is -2.20. The minimum Gasteiger partial charge on any atom is -0.386 e. The van der Waals surface area contributed by atoms with Crippen molar-refractivity contribution in [2.45, 2.75) is 0 Å². The predicted octanol–water partition coefficient (Wildman–Crippen LogP) is 2.20. The van der Waals surface area contributed by atoms with Crippen molar-refractivity contribution in [2.75, 3.05) is 14.2 Å². The van der Waals surface area contributed by atoms with E-state index in [0.717, 1.165) is 12.1 Å². The number of hydrogen-bond donors (Lipinski definition) is 1. The molecule has 3 nitrogen and oxygen atoms in total. The Bertz CT molecular complexity index is 619. The standard InChI is InChI=1S/C14H13F3O3Si/c1-19-21(18,20-2)11-5-3-9(4-6-11)10-7-12(15)14(17)13(16)8-10/h3-8,18H,1-2H3. The van der Waals surface area contributed by atoms with Crippen molar-refractivity contribution < 1.29 is 26.8 Å². The predicted molar refractivity (Wildman–Crippen MR) is 73.4 cm³/mol. The number of halogens is 3. The Hall–Kier alpha value is -1.67. The molecule has 112 valence electrons. The maximum absolute atomic E-state index is 13.2. The van der Waals surface area contributed by atoms with Gasteiger partial charge in [-0.05, 0) is 23.3 Å². The molecule has 1 N–H and O–H groups in total. The van der Waals surface area contributed by atoms with Crippen molar-refractivity contribution in [3.8, 4) is 11.1 Å². The van der Waals surface area contributed by atoms with E-state index in [4.69, 9.17) is 8.85 Å². The summed E-state index contributed by atoms with van der Waals surface area (Å²) in [6.45, 7) is 0. The monoisotopic (exact) mass is 314 g/mol. The molecule has 0 unspecified atom stereocenters. The summed E-state index contributed by atoms with van der Waals surface area (Å²) in [5.41, 5.74) is 0.665. The fourth-order valence-corrected chi connectivity index (χ4v) is 3.14. The molecule has 0 aliphatic rings. The normalized spacial score (nSPS) is 11.7. The van der Waals surface area contributed by atoms with Crippen LogP contribution in [0.4, 0.5) is 13.2 Å². The largest absolute Gasteiger partial charge is 0.533 e. The second kappa shape index (κ2) is 5.98. The molecule has 0 fully saturated rings. The summed E-state index contributed by atoms with van der Waals surface area (Å²) in [6, 6.07) is 7.96. The average molecular weight is 314 g/mol. The van der Waals surface area contributed by atoms with E-state index in [9.17, 15) is 18.0 Å². The third kappa shape index (κ3) is 3.00. The van der Waals surface area contributed by atoms with Gasteiger partial charge in [0.15, 0.2) is 17.5 Å². The molecule has 0 aromatic heterocycles. The molecule has 2 aromatic rings. The van der Waals surface area contributed by atoms with Gasteiger partial charge in [-0.1, -0.05) is 24.3 Å². The van der Waals surface area contributed by atoms with Gasteiger partial charge in [-0.25, -0.2) is 13.2 Å². The van der Waals surface area contributed by atoms with Gasteiger partial charge >= 0.3 is 8.80 Å². The summed E-state index contributed by atoms with van der Waals surface area (Å²) in [4.78, 5) is 10.1. The molecular formula is C14H13F3O3Si. The Morgan fingerprint density at radius 3 is 1.76 bits per heavy atom. The van der Waals surface area contributed by atoms with E-state index >= 15 is 0 Å². The highest BCUT2D eigenvalue weighted by molar-refractivity contribution is 6.74. The molecule has 0 spiro atoms. The van der Waals surface area contributed by atoms with Crippen LogP contribution in [0, 0.1) is 17.5 Å². The Balaban J connectivity index is 2.40. The zero-order valence-electron chi connectivity index (χ0n) is 11.4. The first-order valence-electron chi connectivity index (χ1n) is 5.99. The molecule has 0 saturated heterocycles. The molecule has 2 rings (SSSR count). The highest BCUT2D eigenvalue weighted by Gasteiger charge is 2.37. The lowest BCUT2D eigenvalue weighted by Crippen LogP contribution is -2.52. The van der Waals surface area contributed by atoms with Crippen LogP contribution in [-0.2, 0) is 8.85 Å². The van der Waals surface area contributed by atoms with Crippen molar-refractivity contribution in [1.82, 2.24) is 0 Å². The van der Waals surface area contributed by atoms with Crippen LogP contribution in [0.15, 0.2) is 36.4 Å². The van der Waals surface area contributed by atoms with Crippen LogP contribution in [0.25, 0.3) is 11.1 Å². The third-order valence-corrected chi connectivity index (χ3v) is 5.29. The molecule has 21 heavy (non-hydrogen) atoms. The lowest BCUT2D eigenvalue weighted by atomic mass is 10.1. The van der Waals surface area contributed by atoms with Gasteiger partial charge in [0.2, 0.25) is 0 Å². The summed E-state index contributed by atoms with van der Waals surface area (Å²) in [6.07, 6.45) is 0. The Kier molecular flexibility index (Phi) is 4.48. The van der Waals surface area contributed by atoms with Crippen LogP contribution in [0.2, 0.25) is 0 Å². The SMILES string of the molecule is CO[Si](O)(OC)c1ccc(-c2cc(F)c(F)c(F)c2)cc1. The highest BCUT2D eigenvalue weighted by atomic mass is 28.4. The van der Waals surface area contributed by atoms with E-state index in [-0.39, 0.29) is 5.56 Å². The zero-order chi connectivity index (χ0) is 15.6. The molecule has 2 aromatic carbocycles. The average Bonchev–Trinajstić information content (AvgIpc) is 2.51. The maximum atomic E-state index is 13.2. The summed E-state index contributed by atoms with van der Waals surface area (Å²) >= 11 is 0. The second-order valence-corrected chi connectivity index (χ2v) is 6.88. The smallest absolute Gasteiger partial charge is 0.386 e. The Morgan fingerprint density at radius 2 is 1.33 bits per heavy atom. The fraction of sp³-hybridized carbons (Fsp3) is 0.143. The van der Waals surface area contributed by atoms with Crippen LogP contribution >= 0.6 is 0 Å². The van der Waals surface area contributed by atoms with E-state index in [0.29, 0.717) is 10.8 Å². The van der Waals surface area contributed by atoms with Crippen LogP contribution in [0.1, 0.15) is 0 Å². The van der Waals surface area contributed by atoms with Gasteiger partial charge < -0.3 is 13.6 Å². The summed E-state index contributed by atoms with van der Waals surface area (Å²) < 4.78 is 49.3. The van der Waals surface area contributed by atoms with Crippen LogP contribution in [-0.4, -0.2) is 27.8 Å². The summed E-state index contributed by atoms with van der Waals surface area (Å²) in [7, 11) is -0.781. The van der Waals surface area contributed by atoms with E-state index < -0.39 is 26.3 Å². The Labute approximate surface area is 120 Å². The van der Waals surface area contributed by atoms with Gasteiger partial charge in [-0.15, -0.1) is 0 Å². The van der Waals surface area contributed by atoms with Crippen molar-refractivity contribution in [1.29, 1.82) is 0 Å². The van der Waals surface area contributed by atoms with Crippen molar-refractivity contribution >= 4 is 14.0 Å². The van der Waals surface area contributed by atoms with E-state index in [1.807, 2.05) is 0 Å². The maximum Gasteiger partial charge on any atom is 0.533 e. The van der Waals surface area contributed by atoms with Crippen molar-refractivity contribution in [2.24, 2.45) is 0 Å². The molecule has 0 aliphatic carbocycles. The summed E-state index contributed by atoms with van der Waals surface area (Å²) in [5.74, 6) is -4.02. The quantitative estimate of drug-likeness (QED) is 0.694. The first kappa shape index (κ1) is 15.7. The molecule has 0 bridgehead atoms. The van der Waals surface area contributed by atoms with Gasteiger partial charge in [0.1, 0.15) is 0 Å². The fourth-order valence-electron chi connectivity index (χ4n) is 1.91. The van der Waals surface area contributed by atoms with Crippen LogP contribution < -0.4 is 5.19 Å². The van der Waals surface area contributed by atoms with Gasteiger partial charge in [-0.3, -0.25) is 0 Å². The van der Waals surface area contributed by atoms with Gasteiger partial charge in [0.05, 0.1) is 0 Å². The van der Waals surface area contributed by atoms with Gasteiger partial charge in [0, 0.05) is 19.4 Å². The van der Waals surface area contributed by atoms with E-state index in [1.165, 1.54) is 38.5 Å². The number of benzene rings is 2. The van der Waals surface area contributed by atoms with Crippen molar-refractivity contribution in [3.05, 3.63) is 53.8 Å². The van der Waals surface area contributed by atoms with Gasteiger partial charge in [-0.2, -0.15) is 0 Å². The lowest BCUT2D eigenvalue weighted by molar-refractivity contribution is 0.169. The topological polar surface area (TPSA) is 38.7 Å². The van der Waals surface area contributed by atoms with E-state index in [1.54, 1.807) is 0 Å². The zero-order valence-corrected chi connectivity index (χ0v) is 12.4.